The van der Waals surface area contributed by atoms with Crippen LogP contribution in [-0.4, -0.2) is 33.0 Å². The Bertz CT molecular complexity index is 365. The zero-order chi connectivity index (χ0) is 13.9. The molecule has 0 aromatic carbocycles. The topological polar surface area (TPSA) is 72.5 Å². The molecule has 0 aromatic rings. The normalized spacial score (nSPS) is 16.4. The first-order chi connectivity index (χ1) is 7.56. The number of alkyl halides is 3. The Labute approximate surface area is 97.4 Å². The molecule has 0 aromatic heterocycles. The van der Waals surface area contributed by atoms with Gasteiger partial charge in [-0.15, -0.1) is 0 Å². The molecule has 9 heteroatoms. The van der Waals surface area contributed by atoms with E-state index >= 15 is 0 Å². The number of hydrogen-bond acceptors (Lipinski definition) is 4. The molecule has 0 amide bonds. The van der Waals surface area contributed by atoms with Gasteiger partial charge in [0.25, 0.3) is 0 Å². The van der Waals surface area contributed by atoms with E-state index in [1.807, 2.05) is 0 Å². The third kappa shape index (κ3) is 4.15. The molecule has 0 spiro atoms. The molecule has 5 nitrogen and oxygen atoms in total. The molecule has 0 fully saturated rings. The Morgan fingerprint density at radius 1 is 1.41 bits per heavy atom. The summed E-state index contributed by atoms with van der Waals surface area (Å²) in [5.74, 6) is -1.66. The second-order valence-corrected chi connectivity index (χ2v) is 5.16. The summed E-state index contributed by atoms with van der Waals surface area (Å²) in [4.78, 5) is 11.2. The van der Waals surface area contributed by atoms with E-state index in [9.17, 15) is 26.4 Å². The van der Waals surface area contributed by atoms with Crippen LogP contribution in [0, 0.1) is 5.92 Å². The number of halogens is 3. The molecule has 102 valence electrons. The van der Waals surface area contributed by atoms with E-state index in [1.54, 1.807) is 6.92 Å². The van der Waals surface area contributed by atoms with E-state index < -0.39 is 33.5 Å². The first kappa shape index (κ1) is 16.2. The SMILES string of the molecule is CC[C@H](C)[C@H](NS(=O)(=O)C(F)(F)F)C(=O)OC. The molecule has 17 heavy (non-hydrogen) atoms. The number of carbonyl (C=O) groups is 1. The largest absolute Gasteiger partial charge is 0.511 e. The van der Waals surface area contributed by atoms with Gasteiger partial charge < -0.3 is 4.74 Å². The van der Waals surface area contributed by atoms with Crippen molar-refractivity contribution in [2.24, 2.45) is 5.92 Å². The highest BCUT2D eigenvalue weighted by Crippen LogP contribution is 2.23. The van der Waals surface area contributed by atoms with Crippen molar-refractivity contribution in [1.82, 2.24) is 4.72 Å². The van der Waals surface area contributed by atoms with Crippen LogP contribution in [0.5, 0.6) is 0 Å². The standard InChI is InChI=1S/C8H14F3NO4S/c1-4-5(2)6(7(13)16-3)12-17(14,15)8(9,10)11/h5-6,12H,4H2,1-3H3/t5-,6-/m0/s1. The molecule has 0 aliphatic heterocycles. The lowest BCUT2D eigenvalue weighted by Gasteiger charge is -2.22. The van der Waals surface area contributed by atoms with E-state index in [-0.39, 0.29) is 0 Å². The minimum Gasteiger partial charge on any atom is -0.468 e. The maximum Gasteiger partial charge on any atom is 0.511 e. The minimum atomic E-state index is -5.56. The van der Waals surface area contributed by atoms with Crippen LogP contribution in [0.2, 0.25) is 0 Å². The van der Waals surface area contributed by atoms with Gasteiger partial charge >= 0.3 is 21.5 Å². The third-order valence-corrected chi connectivity index (χ3v) is 3.43. The van der Waals surface area contributed by atoms with Gasteiger partial charge in [-0.2, -0.15) is 17.9 Å². The van der Waals surface area contributed by atoms with Gasteiger partial charge in [-0.05, 0) is 5.92 Å². The highest BCUT2D eigenvalue weighted by Gasteiger charge is 2.48. The molecule has 0 unspecified atom stereocenters. The summed E-state index contributed by atoms with van der Waals surface area (Å²) in [6, 6.07) is -1.54. The Kier molecular flexibility index (Phi) is 5.40. The molecule has 0 aliphatic rings. The van der Waals surface area contributed by atoms with Crippen molar-refractivity contribution in [3.05, 3.63) is 0 Å². The fraction of sp³-hybridized carbons (Fsp3) is 0.875. The number of hydrogen-bond donors (Lipinski definition) is 1. The first-order valence-electron chi connectivity index (χ1n) is 4.73. The molecule has 0 radical (unpaired) electrons. The maximum absolute atomic E-state index is 12.1. The van der Waals surface area contributed by atoms with E-state index in [0.29, 0.717) is 6.42 Å². The van der Waals surface area contributed by atoms with Crippen LogP contribution in [0.3, 0.4) is 0 Å². The molecule has 0 aliphatic carbocycles. The summed E-state index contributed by atoms with van der Waals surface area (Å²) in [5.41, 5.74) is -5.45. The van der Waals surface area contributed by atoms with Crippen LogP contribution in [0.4, 0.5) is 13.2 Å². The molecular weight excluding hydrogens is 263 g/mol. The van der Waals surface area contributed by atoms with Crippen molar-refractivity contribution in [3.63, 3.8) is 0 Å². The number of nitrogens with one attached hydrogen (secondary N) is 1. The van der Waals surface area contributed by atoms with Crippen molar-refractivity contribution in [3.8, 4) is 0 Å². The Hall–Kier alpha value is -0.830. The fourth-order valence-electron chi connectivity index (χ4n) is 0.993. The zero-order valence-corrected chi connectivity index (χ0v) is 10.4. The van der Waals surface area contributed by atoms with Crippen molar-refractivity contribution in [2.45, 2.75) is 31.8 Å². The van der Waals surface area contributed by atoms with Crippen LogP contribution in [-0.2, 0) is 19.6 Å². The van der Waals surface area contributed by atoms with E-state index in [1.165, 1.54) is 11.6 Å². The van der Waals surface area contributed by atoms with Crippen molar-refractivity contribution in [2.75, 3.05) is 7.11 Å². The van der Waals surface area contributed by atoms with Gasteiger partial charge in [-0.1, -0.05) is 20.3 Å². The number of methoxy groups -OCH3 is 1. The average Bonchev–Trinajstić information content (AvgIpc) is 2.22. The summed E-state index contributed by atoms with van der Waals surface area (Å²) < 4.78 is 63.7. The summed E-state index contributed by atoms with van der Waals surface area (Å²) in [7, 11) is -4.59. The van der Waals surface area contributed by atoms with Gasteiger partial charge in [0.15, 0.2) is 0 Å². The predicted octanol–water partition coefficient (Wildman–Crippen LogP) is 1.01. The monoisotopic (exact) mass is 277 g/mol. The molecule has 0 bridgehead atoms. The summed E-state index contributed by atoms with van der Waals surface area (Å²) in [5, 5.41) is 0. The van der Waals surface area contributed by atoms with Gasteiger partial charge in [0, 0.05) is 0 Å². The number of sulfonamides is 1. The number of rotatable bonds is 5. The summed E-state index contributed by atoms with van der Waals surface area (Å²) in [6.45, 7) is 3.06. The molecule has 1 N–H and O–H groups in total. The number of esters is 1. The Balaban J connectivity index is 5.08. The lowest BCUT2D eigenvalue weighted by molar-refractivity contribution is -0.144. The molecular formula is C8H14F3NO4S. The van der Waals surface area contributed by atoms with Crippen LogP contribution < -0.4 is 4.72 Å². The van der Waals surface area contributed by atoms with Crippen molar-refractivity contribution < 1.29 is 31.1 Å². The lowest BCUT2D eigenvalue weighted by Crippen LogP contribution is -2.49. The zero-order valence-electron chi connectivity index (χ0n) is 9.54. The number of carbonyl (C=O) groups excluding carboxylic acids is 1. The summed E-state index contributed by atoms with van der Waals surface area (Å²) >= 11 is 0. The predicted molar refractivity (Wildman–Crippen MR) is 53.4 cm³/mol. The smallest absolute Gasteiger partial charge is 0.468 e. The van der Waals surface area contributed by atoms with Crippen LogP contribution in [0.15, 0.2) is 0 Å². The molecule has 0 heterocycles. The second-order valence-electron chi connectivity index (χ2n) is 3.45. The van der Waals surface area contributed by atoms with E-state index in [0.717, 1.165) is 7.11 Å². The van der Waals surface area contributed by atoms with E-state index in [2.05, 4.69) is 4.74 Å². The number of ether oxygens (including phenoxy) is 1. The summed E-state index contributed by atoms with van der Waals surface area (Å²) in [6.07, 6.45) is 0.320. The molecule has 0 saturated carbocycles. The quantitative estimate of drug-likeness (QED) is 0.761. The van der Waals surface area contributed by atoms with E-state index in [4.69, 9.17) is 0 Å². The van der Waals surface area contributed by atoms with Gasteiger partial charge in [0.05, 0.1) is 7.11 Å². The van der Waals surface area contributed by atoms with Crippen LogP contribution in [0.1, 0.15) is 20.3 Å². The highest BCUT2D eigenvalue weighted by molar-refractivity contribution is 7.90. The van der Waals surface area contributed by atoms with Crippen LogP contribution in [0.25, 0.3) is 0 Å². The minimum absolute atomic E-state index is 0.320. The van der Waals surface area contributed by atoms with Crippen LogP contribution >= 0.6 is 0 Å². The van der Waals surface area contributed by atoms with Crippen molar-refractivity contribution >= 4 is 16.0 Å². The molecule has 0 saturated heterocycles. The van der Waals surface area contributed by atoms with Gasteiger partial charge in [0.1, 0.15) is 6.04 Å². The first-order valence-corrected chi connectivity index (χ1v) is 6.21. The second kappa shape index (κ2) is 5.67. The van der Waals surface area contributed by atoms with Gasteiger partial charge in [-0.25, -0.2) is 8.42 Å². The Morgan fingerprint density at radius 3 is 2.18 bits per heavy atom. The molecule has 0 rings (SSSR count). The average molecular weight is 277 g/mol. The molecule has 2 atom stereocenters. The van der Waals surface area contributed by atoms with Crippen molar-refractivity contribution in [1.29, 1.82) is 0 Å². The lowest BCUT2D eigenvalue weighted by atomic mass is 10.0. The van der Waals surface area contributed by atoms with Gasteiger partial charge in [-0.3, -0.25) is 4.79 Å². The highest BCUT2D eigenvalue weighted by atomic mass is 32.2. The Morgan fingerprint density at radius 2 is 1.88 bits per heavy atom. The fourth-order valence-corrected chi connectivity index (χ4v) is 1.79. The maximum atomic E-state index is 12.1. The third-order valence-electron chi connectivity index (χ3n) is 2.25. The van der Waals surface area contributed by atoms with Gasteiger partial charge in [0.2, 0.25) is 0 Å².